The van der Waals surface area contributed by atoms with Crippen molar-refractivity contribution in [3.63, 3.8) is 0 Å². The molecule has 1 aromatic heterocycles. The SMILES string of the molecule is CCC(N)Cc1ccc(N(C)C(C)c2cccs2)c(C)c1. The molecular formula is C18H26N2S. The van der Waals surface area contributed by atoms with Gasteiger partial charge >= 0.3 is 0 Å². The Morgan fingerprint density at radius 2 is 2.05 bits per heavy atom. The molecule has 3 heteroatoms. The largest absolute Gasteiger partial charge is 0.367 e. The quantitative estimate of drug-likeness (QED) is 0.849. The zero-order valence-electron chi connectivity index (χ0n) is 13.5. The predicted molar refractivity (Wildman–Crippen MR) is 94.3 cm³/mol. The second-order valence-electron chi connectivity index (χ2n) is 5.80. The van der Waals surface area contributed by atoms with Crippen LogP contribution in [0.25, 0.3) is 0 Å². The summed E-state index contributed by atoms with van der Waals surface area (Å²) in [5, 5.41) is 2.14. The smallest absolute Gasteiger partial charge is 0.0603 e. The Labute approximate surface area is 132 Å². The van der Waals surface area contributed by atoms with Gasteiger partial charge in [-0.25, -0.2) is 0 Å². The van der Waals surface area contributed by atoms with Crippen molar-refractivity contribution >= 4 is 17.0 Å². The molecule has 0 aliphatic carbocycles. The first-order chi connectivity index (χ1) is 10.0. The third-order valence-electron chi connectivity index (χ3n) is 4.20. The normalized spacial score (nSPS) is 14.0. The first-order valence-electron chi connectivity index (χ1n) is 7.64. The van der Waals surface area contributed by atoms with Gasteiger partial charge in [0.1, 0.15) is 0 Å². The fourth-order valence-corrected chi connectivity index (χ4v) is 3.44. The first kappa shape index (κ1) is 16.1. The number of aryl methyl sites for hydroxylation is 1. The minimum atomic E-state index is 0.262. The fourth-order valence-electron chi connectivity index (χ4n) is 2.62. The lowest BCUT2D eigenvalue weighted by atomic mass is 10.0. The summed E-state index contributed by atoms with van der Waals surface area (Å²) in [5.74, 6) is 0. The molecule has 21 heavy (non-hydrogen) atoms. The zero-order chi connectivity index (χ0) is 15.4. The number of hydrogen-bond donors (Lipinski definition) is 1. The third-order valence-corrected chi connectivity index (χ3v) is 5.24. The average molecular weight is 302 g/mol. The van der Waals surface area contributed by atoms with Gasteiger partial charge in [0.25, 0.3) is 0 Å². The number of hydrogen-bond acceptors (Lipinski definition) is 3. The van der Waals surface area contributed by atoms with Crippen LogP contribution in [0.1, 0.15) is 42.3 Å². The molecule has 2 unspecified atom stereocenters. The molecule has 1 heterocycles. The van der Waals surface area contributed by atoms with Gasteiger partial charge in [-0.2, -0.15) is 0 Å². The monoisotopic (exact) mass is 302 g/mol. The first-order valence-corrected chi connectivity index (χ1v) is 8.52. The fraction of sp³-hybridized carbons (Fsp3) is 0.444. The third kappa shape index (κ3) is 3.86. The predicted octanol–water partition coefficient (Wildman–Crippen LogP) is 4.53. The van der Waals surface area contributed by atoms with E-state index in [4.69, 9.17) is 5.73 Å². The minimum Gasteiger partial charge on any atom is -0.367 e. The summed E-state index contributed by atoms with van der Waals surface area (Å²) in [4.78, 5) is 3.75. The van der Waals surface area contributed by atoms with E-state index in [0.29, 0.717) is 6.04 Å². The van der Waals surface area contributed by atoms with Gasteiger partial charge < -0.3 is 10.6 Å². The number of rotatable bonds is 6. The van der Waals surface area contributed by atoms with Crippen molar-refractivity contribution in [2.75, 3.05) is 11.9 Å². The molecule has 2 nitrogen and oxygen atoms in total. The van der Waals surface area contributed by atoms with E-state index in [9.17, 15) is 0 Å². The number of anilines is 1. The van der Waals surface area contributed by atoms with Crippen LogP contribution in [0, 0.1) is 6.92 Å². The van der Waals surface area contributed by atoms with Crippen LogP contribution in [0.3, 0.4) is 0 Å². The Hall–Kier alpha value is -1.32. The molecule has 0 bridgehead atoms. The molecule has 2 atom stereocenters. The Bertz CT molecular complexity index is 563. The van der Waals surface area contributed by atoms with E-state index in [1.807, 2.05) is 11.3 Å². The minimum absolute atomic E-state index is 0.262. The van der Waals surface area contributed by atoms with Gasteiger partial charge in [-0.1, -0.05) is 25.1 Å². The summed E-state index contributed by atoms with van der Waals surface area (Å²) < 4.78 is 0. The van der Waals surface area contributed by atoms with Crippen molar-refractivity contribution in [2.24, 2.45) is 5.73 Å². The Morgan fingerprint density at radius 3 is 2.62 bits per heavy atom. The van der Waals surface area contributed by atoms with Crippen molar-refractivity contribution in [2.45, 2.75) is 45.7 Å². The Kier molecular flexibility index (Phi) is 5.43. The summed E-state index contributed by atoms with van der Waals surface area (Å²) in [6, 6.07) is 11.7. The van der Waals surface area contributed by atoms with Crippen LogP contribution < -0.4 is 10.6 Å². The van der Waals surface area contributed by atoms with Crippen molar-refractivity contribution in [3.05, 3.63) is 51.7 Å². The molecule has 0 amide bonds. The summed E-state index contributed by atoms with van der Waals surface area (Å²) in [5.41, 5.74) is 10.0. The lowest BCUT2D eigenvalue weighted by Crippen LogP contribution is -2.23. The molecule has 2 rings (SSSR count). The van der Waals surface area contributed by atoms with Gasteiger partial charge in [0.05, 0.1) is 6.04 Å². The highest BCUT2D eigenvalue weighted by atomic mass is 32.1. The molecule has 0 aliphatic rings. The molecule has 0 radical (unpaired) electrons. The van der Waals surface area contributed by atoms with E-state index in [2.05, 4.69) is 68.4 Å². The van der Waals surface area contributed by atoms with Crippen molar-refractivity contribution in [1.29, 1.82) is 0 Å². The summed E-state index contributed by atoms with van der Waals surface area (Å²) in [6.45, 7) is 6.59. The average Bonchev–Trinajstić information content (AvgIpc) is 3.00. The second kappa shape index (κ2) is 7.10. The van der Waals surface area contributed by atoms with Crippen LogP contribution in [-0.2, 0) is 6.42 Å². The molecule has 2 N–H and O–H groups in total. The molecule has 2 aromatic rings. The van der Waals surface area contributed by atoms with Gasteiger partial charge in [-0.05, 0) is 55.3 Å². The van der Waals surface area contributed by atoms with E-state index >= 15 is 0 Å². The van der Waals surface area contributed by atoms with E-state index < -0.39 is 0 Å². The van der Waals surface area contributed by atoms with Crippen LogP contribution in [-0.4, -0.2) is 13.1 Å². The molecule has 0 saturated heterocycles. The number of thiophene rings is 1. The molecular weight excluding hydrogens is 276 g/mol. The second-order valence-corrected chi connectivity index (χ2v) is 6.77. The van der Waals surface area contributed by atoms with Crippen LogP contribution in [0.5, 0.6) is 0 Å². The number of nitrogens with two attached hydrogens (primary N) is 1. The Morgan fingerprint density at radius 1 is 1.29 bits per heavy atom. The van der Waals surface area contributed by atoms with E-state index in [0.717, 1.165) is 12.8 Å². The summed E-state index contributed by atoms with van der Waals surface area (Å²) in [7, 11) is 2.17. The highest BCUT2D eigenvalue weighted by Crippen LogP contribution is 2.30. The van der Waals surface area contributed by atoms with Crippen LogP contribution in [0.2, 0.25) is 0 Å². The molecule has 0 spiro atoms. The van der Waals surface area contributed by atoms with E-state index in [1.54, 1.807) is 0 Å². The van der Waals surface area contributed by atoms with Crippen molar-refractivity contribution in [1.82, 2.24) is 0 Å². The number of nitrogens with zero attached hydrogens (tertiary/aromatic N) is 1. The van der Waals surface area contributed by atoms with Crippen LogP contribution in [0.4, 0.5) is 5.69 Å². The van der Waals surface area contributed by atoms with Gasteiger partial charge in [0.15, 0.2) is 0 Å². The maximum atomic E-state index is 6.06. The molecule has 1 aromatic carbocycles. The van der Waals surface area contributed by atoms with Crippen molar-refractivity contribution in [3.8, 4) is 0 Å². The number of benzene rings is 1. The topological polar surface area (TPSA) is 29.3 Å². The van der Waals surface area contributed by atoms with E-state index in [-0.39, 0.29) is 6.04 Å². The van der Waals surface area contributed by atoms with E-state index in [1.165, 1.54) is 21.7 Å². The molecule has 114 valence electrons. The highest BCUT2D eigenvalue weighted by Gasteiger charge is 2.15. The molecule has 0 saturated carbocycles. The maximum Gasteiger partial charge on any atom is 0.0603 e. The van der Waals surface area contributed by atoms with Gasteiger partial charge in [-0.3, -0.25) is 0 Å². The lowest BCUT2D eigenvalue weighted by Gasteiger charge is -2.28. The molecule has 0 fully saturated rings. The lowest BCUT2D eigenvalue weighted by molar-refractivity contribution is 0.646. The standard InChI is InChI=1S/C18H26N2S/c1-5-16(19)12-15-8-9-17(13(2)11-15)20(4)14(3)18-7-6-10-21-18/h6-11,14,16H,5,12,19H2,1-4H3. The van der Waals surface area contributed by atoms with Gasteiger partial charge in [0.2, 0.25) is 0 Å². The van der Waals surface area contributed by atoms with Gasteiger partial charge in [-0.15, -0.1) is 11.3 Å². The van der Waals surface area contributed by atoms with Crippen LogP contribution >= 0.6 is 11.3 Å². The summed E-state index contributed by atoms with van der Waals surface area (Å²) in [6.07, 6.45) is 1.98. The molecule has 0 aliphatic heterocycles. The maximum absolute atomic E-state index is 6.06. The zero-order valence-corrected chi connectivity index (χ0v) is 14.3. The summed E-state index contributed by atoms with van der Waals surface area (Å²) >= 11 is 1.82. The van der Waals surface area contributed by atoms with Crippen LogP contribution in [0.15, 0.2) is 35.7 Å². The van der Waals surface area contributed by atoms with Crippen molar-refractivity contribution < 1.29 is 0 Å². The Balaban J connectivity index is 2.16. The van der Waals surface area contributed by atoms with Gasteiger partial charge in [0, 0.05) is 23.7 Å². The highest BCUT2D eigenvalue weighted by molar-refractivity contribution is 7.10.